The van der Waals surface area contributed by atoms with Gasteiger partial charge in [0.05, 0.1) is 22.7 Å². The second-order valence-electron chi connectivity index (χ2n) is 4.30. The molecule has 106 valence electrons. The summed E-state index contributed by atoms with van der Waals surface area (Å²) < 4.78 is 1.04. The summed E-state index contributed by atoms with van der Waals surface area (Å²) >= 11 is 5.10. The number of rotatable bonds is 3. The first-order chi connectivity index (χ1) is 9.74. The highest BCUT2D eigenvalue weighted by atomic mass is 79.9. The van der Waals surface area contributed by atoms with E-state index >= 15 is 0 Å². The number of nitriles is 1. The van der Waals surface area contributed by atoms with Gasteiger partial charge in [-0.15, -0.1) is 12.4 Å². The maximum Gasteiger partial charge on any atom is 0.166 e. The molecule has 3 aromatic rings. The van der Waals surface area contributed by atoms with Crippen molar-refractivity contribution in [2.45, 2.75) is 10.9 Å². The topological polar surface area (TPSA) is 52.5 Å². The van der Waals surface area contributed by atoms with Crippen molar-refractivity contribution in [2.75, 3.05) is 0 Å². The standard InChI is InChI=1S/C15H10BrN3S.ClH/c16-12-5-6-13-14(7-12)19-15(18-13)20-9-11-3-1-10(8-17)2-4-11;/h1-7H,9H2,(H,18,19);1H. The molecule has 0 fully saturated rings. The quantitative estimate of drug-likeness (QED) is 0.657. The number of imidazole rings is 1. The molecule has 1 heterocycles. The molecular weight excluding hydrogens is 370 g/mol. The number of nitrogens with zero attached hydrogens (tertiary/aromatic N) is 2. The molecule has 0 amide bonds. The summed E-state index contributed by atoms with van der Waals surface area (Å²) in [5.74, 6) is 0.826. The largest absolute Gasteiger partial charge is 0.333 e. The lowest BCUT2D eigenvalue weighted by atomic mass is 10.2. The molecule has 0 saturated heterocycles. The molecule has 0 bridgehead atoms. The van der Waals surface area contributed by atoms with Crippen LogP contribution in [-0.4, -0.2) is 9.97 Å². The minimum absolute atomic E-state index is 0. The molecule has 1 aromatic heterocycles. The zero-order chi connectivity index (χ0) is 13.9. The van der Waals surface area contributed by atoms with Crippen molar-refractivity contribution in [2.24, 2.45) is 0 Å². The predicted molar refractivity (Wildman–Crippen MR) is 91.8 cm³/mol. The van der Waals surface area contributed by atoms with Crippen molar-refractivity contribution in [3.8, 4) is 6.07 Å². The molecular formula is C15H11BrClN3S. The zero-order valence-corrected chi connectivity index (χ0v) is 14.1. The Kier molecular flexibility index (Phi) is 5.29. The number of H-pyrrole nitrogens is 1. The van der Waals surface area contributed by atoms with Gasteiger partial charge in [-0.05, 0) is 35.9 Å². The first-order valence-electron chi connectivity index (χ1n) is 6.02. The van der Waals surface area contributed by atoms with Gasteiger partial charge < -0.3 is 4.98 Å². The maximum atomic E-state index is 8.77. The van der Waals surface area contributed by atoms with E-state index in [0.717, 1.165) is 26.4 Å². The second kappa shape index (κ2) is 6.99. The van der Waals surface area contributed by atoms with Crippen molar-refractivity contribution < 1.29 is 0 Å². The normalized spacial score (nSPS) is 10.1. The van der Waals surface area contributed by atoms with Gasteiger partial charge in [0.1, 0.15) is 0 Å². The van der Waals surface area contributed by atoms with Gasteiger partial charge in [-0.1, -0.05) is 39.8 Å². The Labute approximate surface area is 141 Å². The average molecular weight is 381 g/mol. The van der Waals surface area contributed by atoms with Gasteiger partial charge in [-0.25, -0.2) is 4.98 Å². The van der Waals surface area contributed by atoms with Gasteiger partial charge in [0, 0.05) is 10.2 Å². The van der Waals surface area contributed by atoms with Crippen LogP contribution in [0.2, 0.25) is 0 Å². The van der Waals surface area contributed by atoms with Crippen molar-refractivity contribution >= 4 is 51.1 Å². The zero-order valence-electron chi connectivity index (χ0n) is 10.8. The Morgan fingerprint density at radius 1 is 1.19 bits per heavy atom. The molecule has 0 aliphatic heterocycles. The highest BCUT2D eigenvalue weighted by Gasteiger charge is 2.04. The SMILES string of the molecule is Cl.N#Cc1ccc(CSc2nc3ccc(Br)cc3[nH]2)cc1. The summed E-state index contributed by atoms with van der Waals surface area (Å²) in [6, 6.07) is 15.7. The Morgan fingerprint density at radius 3 is 2.67 bits per heavy atom. The summed E-state index contributed by atoms with van der Waals surface area (Å²) in [6.45, 7) is 0. The van der Waals surface area contributed by atoms with E-state index in [1.54, 1.807) is 11.8 Å². The molecule has 3 rings (SSSR count). The van der Waals surface area contributed by atoms with Crippen molar-refractivity contribution in [3.63, 3.8) is 0 Å². The van der Waals surface area contributed by atoms with Crippen molar-refractivity contribution in [1.82, 2.24) is 9.97 Å². The highest BCUT2D eigenvalue weighted by Crippen LogP contribution is 2.24. The molecule has 0 saturated carbocycles. The number of nitrogens with one attached hydrogen (secondary N) is 1. The van der Waals surface area contributed by atoms with Gasteiger partial charge in [0.15, 0.2) is 5.16 Å². The Balaban J connectivity index is 0.00000161. The number of fused-ring (bicyclic) bond motifs is 1. The van der Waals surface area contributed by atoms with E-state index in [1.807, 2.05) is 42.5 Å². The van der Waals surface area contributed by atoms with Gasteiger partial charge >= 0.3 is 0 Å². The summed E-state index contributed by atoms with van der Waals surface area (Å²) in [5.41, 5.74) is 3.86. The van der Waals surface area contributed by atoms with E-state index in [2.05, 4.69) is 32.0 Å². The van der Waals surface area contributed by atoms with Gasteiger partial charge in [-0.2, -0.15) is 5.26 Å². The first-order valence-corrected chi connectivity index (χ1v) is 7.79. The van der Waals surface area contributed by atoms with Crippen molar-refractivity contribution in [1.29, 1.82) is 5.26 Å². The van der Waals surface area contributed by atoms with Crippen molar-refractivity contribution in [3.05, 3.63) is 58.1 Å². The third-order valence-electron chi connectivity index (χ3n) is 2.88. The summed E-state index contributed by atoms with van der Waals surface area (Å²) in [7, 11) is 0. The molecule has 0 atom stereocenters. The molecule has 0 aliphatic rings. The van der Waals surface area contributed by atoms with Crippen LogP contribution >= 0.6 is 40.1 Å². The second-order valence-corrected chi connectivity index (χ2v) is 6.18. The molecule has 0 unspecified atom stereocenters. The fourth-order valence-corrected chi connectivity index (χ4v) is 3.06. The van der Waals surface area contributed by atoms with Crippen LogP contribution in [0.1, 0.15) is 11.1 Å². The van der Waals surface area contributed by atoms with Crippen LogP contribution in [-0.2, 0) is 5.75 Å². The van der Waals surface area contributed by atoms with Crippen LogP contribution in [0, 0.1) is 11.3 Å². The third kappa shape index (κ3) is 3.79. The fraction of sp³-hybridized carbons (Fsp3) is 0.0667. The van der Waals surface area contributed by atoms with Crippen LogP contribution < -0.4 is 0 Å². The van der Waals surface area contributed by atoms with Crippen LogP contribution in [0.5, 0.6) is 0 Å². The van der Waals surface area contributed by atoms with E-state index in [4.69, 9.17) is 5.26 Å². The van der Waals surface area contributed by atoms with E-state index in [-0.39, 0.29) is 12.4 Å². The van der Waals surface area contributed by atoms with Crippen LogP contribution in [0.15, 0.2) is 52.1 Å². The molecule has 2 aromatic carbocycles. The van der Waals surface area contributed by atoms with E-state index in [9.17, 15) is 0 Å². The minimum atomic E-state index is 0. The number of hydrogen-bond acceptors (Lipinski definition) is 3. The predicted octanol–water partition coefficient (Wildman–Crippen LogP) is 4.91. The summed E-state index contributed by atoms with van der Waals surface area (Å²) in [4.78, 5) is 7.84. The highest BCUT2D eigenvalue weighted by molar-refractivity contribution is 9.10. The van der Waals surface area contributed by atoms with Crippen LogP contribution in [0.3, 0.4) is 0 Å². The molecule has 3 nitrogen and oxygen atoms in total. The fourth-order valence-electron chi connectivity index (χ4n) is 1.85. The lowest BCUT2D eigenvalue weighted by molar-refractivity contribution is 1.08. The third-order valence-corrected chi connectivity index (χ3v) is 4.32. The molecule has 0 spiro atoms. The average Bonchev–Trinajstić information content (AvgIpc) is 2.87. The number of thioether (sulfide) groups is 1. The lowest BCUT2D eigenvalue weighted by Crippen LogP contribution is -1.82. The maximum absolute atomic E-state index is 8.77. The number of benzene rings is 2. The molecule has 1 N–H and O–H groups in total. The van der Waals surface area contributed by atoms with E-state index in [0.29, 0.717) is 5.56 Å². The number of aromatic nitrogens is 2. The smallest absolute Gasteiger partial charge is 0.166 e. The number of halogens is 2. The summed E-state index contributed by atoms with van der Waals surface area (Å²) in [5, 5.41) is 9.67. The number of hydrogen-bond donors (Lipinski definition) is 1. The van der Waals surface area contributed by atoms with Gasteiger partial charge in [0.25, 0.3) is 0 Å². The first kappa shape index (κ1) is 15.9. The lowest BCUT2D eigenvalue weighted by Gasteiger charge is -1.98. The Hall–Kier alpha value is -1.48. The van der Waals surface area contributed by atoms with Crippen LogP contribution in [0.4, 0.5) is 0 Å². The summed E-state index contributed by atoms with van der Waals surface area (Å²) in [6.07, 6.45) is 0. The molecule has 6 heteroatoms. The molecule has 0 aliphatic carbocycles. The van der Waals surface area contributed by atoms with Gasteiger partial charge in [-0.3, -0.25) is 0 Å². The molecule has 21 heavy (non-hydrogen) atoms. The van der Waals surface area contributed by atoms with Gasteiger partial charge in [0.2, 0.25) is 0 Å². The Morgan fingerprint density at radius 2 is 1.95 bits per heavy atom. The monoisotopic (exact) mass is 379 g/mol. The number of aromatic amines is 1. The molecule has 0 radical (unpaired) electrons. The minimum Gasteiger partial charge on any atom is -0.333 e. The van der Waals surface area contributed by atoms with Crippen LogP contribution in [0.25, 0.3) is 11.0 Å². The Bertz CT molecular complexity index is 793. The van der Waals surface area contributed by atoms with E-state index in [1.165, 1.54) is 5.56 Å². The van der Waals surface area contributed by atoms with E-state index < -0.39 is 0 Å².